The third-order valence-corrected chi connectivity index (χ3v) is 5.13. The lowest BCUT2D eigenvalue weighted by Crippen LogP contribution is -2.45. The topological polar surface area (TPSA) is 86.7 Å². The molecule has 0 unspecified atom stereocenters. The zero-order valence-corrected chi connectivity index (χ0v) is 13.2. The van der Waals surface area contributed by atoms with Crippen molar-refractivity contribution in [1.29, 1.82) is 0 Å². The lowest BCUT2D eigenvalue weighted by molar-refractivity contribution is -0.138. The molecule has 2 rings (SSSR count). The van der Waals surface area contributed by atoms with Gasteiger partial charge in [0.1, 0.15) is 5.82 Å². The summed E-state index contributed by atoms with van der Waals surface area (Å²) in [6, 6.07) is 2.82. The largest absolute Gasteiger partial charge is 0.480 e. The van der Waals surface area contributed by atoms with Crippen LogP contribution in [0.3, 0.4) is 0 Å². The number of hydrogen-bond donors (Lipinski definition) is 2. The third-order valence-electron chi connectivity index (χ3n) is 3.41. The Balaban J connectivity index is 2.00. The van der Waals surface area contributed by atoms with E-state index in [0.717, 1.165) is 12.1 Å². The highest BCUT2D eigenvalue weighted by molar-refractivity contribution is 7.89. The predicted molar refractivity (Wildman–Crippen MR) is 78.8 cm³/mol. The van der Waals surface area contributed by atoms with Crippen molar-refractivity contribution >= 4 is 27.6 Å². The highest BCUT2D eigenvalue weighted by atomic mass is 35.5. The number of aliphatic carboxylic acids is 1. The smallest absolute Gasteiger partial charge is 0.317 e. The molecule has 22 heavy (non-hydrogen) atoms. The van der Waals surface area contributed by atoms with Crippen LogP contribution in [0.15, 0.2) is 23.1 Å². The van der Waals surface area contributed by atoms with Crippen molar-refractivity contribution in [3.63, 3.8) is 0 Å². The molecule has 1 aromatic carbocycles. The van der Waals surface area contributed by atoms with Crippen LogP contribution in [-0.2, 0) is 14.8 Å². The van der Waals surface area contributed by atoms with Crippen LogP contribution in [-0.4, -0.2) is 50.1 Å². The second kappa shape index (κ2) is 6.91. The van der Waals surface area contributed by atoms with Crippen molar-refractivity contribution in [2.75, 3.05) is 19.6 Å². The summed E-state index contributed by atoms with van der Waals surface area (Å²) in [5, 5.41) is 8.73. The van der Waals surface area contributed by atoms with Crippen molar-refractivity contribution in [2.45, 2.75) is 23.8 Å². The van der Waals surface area contributed by atoms with Gasteiger partial charge in [-0.2, -0.15) is 0 Å². The van der Waals surface area contributed by atoms with Crippen molar-refractivity contribution in [2.24, 2.45) is 0 Å². The second-order valence-electron chi connectivity index (χ2n) is 5.17. The molecule has 0 amide bonds. The van der Waals surface area contributed by atoms with Crippen LogP contribution in [0.5, 0.6) is 0 Å². The SMILES string of the molecule is O=C(O)CN1CCC(NS(=O)(=O)c2cc(F)cc(Cl)c2)CC1. The summed E-state index contributed by atoms with van der Waals surface area (Å²) >= 11 is 5.67. The van der Waals surface area contributed by atoms with E-state index in [-0.39, 0.29) is 22.5 Å². The molecule has 2 N–H and O–H groups in total. The second-order valence-corrected chi connectivity index (χ2v) is 7.32. The lowest BCUT2D eigenvalue weighted by atomic mass is 10.1. The van der Waals surface area contributed by atoms with Crippen LogP contribution in [0.2, 0.25) is 5.02 Å². The number of rotatable bonds is 5. The molecule has 1 aromatic rings. The van der Waals surface area contributed by atoms with Gasteiger partial charge in [0.25, 0.3) is 0 Å². The number of carboxylic acid groups (broad SMARTS) is 1. The number of benzene rings is 1. The first-order valence-corrected chi connectivity index (χ1v) is 8.55. The average molecular weight is 351 g/mol. The zero-order valence-electron chi connectivity index (χ0n) is 11.6. The van der Waals surface area contributed by atoms with Gasteiger partial charge in [-0.3, -0.25) is 9.69 Å². The summed E-state index contributed by atoms with van der Waals surface area (Å²) in [6.07, 6.45) is 0.991. The van der Waals surface area contributed by atoms with Crippen molar-refractivity contribution in [3.05, 3.63) is 29.0 Å². The fraction of sp³-hybridized carbons (Fsp3) is 0.462. The maximum Gasteiger partial charge on any atom is 0.317 e. The van der Waals surface area contributed by atoms with E-state index in [9.17, 15) is 17.6 Å². The van der Waals surface area contributed by atoms with E-state index in [1.165, 1.54) is 6.07 Å². The van der Waals surface area contributed by atoms with E-state index in [1.54, 1.807) is 4.90 Å². The Hall–Kier alpha value is -1.22. The molecule has 0 bridgehead atoms. The monoisotopic (exact) mass is 350 g/mol. The normalized spacial score (nSPS) is 17.5. The Labute approximate surface area is 132 Å². The summed E-state index contributed by atoms with van der Waals surface area (Å²) in [5.41, 5.74) is 0. The van der Waals surface area contributed by atoms with Crippen LogP contribution in [0.25, 0.3) is 0 Å². The predicted octanol–water partition coefficient (Wildman–Crippen LogP) is 1.31. The molecule has 0 saturated carbocycles. The highest BCUT2D eigenvalue weighted by Crippen LogP contribution is 2.20. The zero-order chi connectivity index (χ0) is 16.3. The van der Waals surface area contributed by atoms with E-state index >= 15 is 0 Å². The quantitative estimate of drug-likeness (QED) is 0.836. The van der Waals surface area contributed by atoms with Gasteiger partial charge in [0.05, 0.1) is 11.4 Å². The first-order chi connectivity index (χ1) is 10.3. The van der Waals surface area contributed by atoms with Gasteiger partial charge in [-0.15, -0.1) is 0 Å². The van der Waals surface area contributed by atoms with E-state index in [1.807, 2.05) is 0 Å². The Bertz CT molecular complexity index is 640. The molecule has 122 valence electrons. The number of piperidine rings is 1. The minimum atomic E-state index is -3.85. The van der Waals surface area contributed by atoms with Crippen LogP contribution >= 0.6 is 11.6 Å². The molecule has 0 spiro atoms. The molecule has 0 radical (unpaired) electrons. The summed E-state index contributed by atoms with van der Waals surface area (Å²) in [6.45, 7) is 0.922. The first kappa shape index (κ1) is 17.1. The number of hydrogen-bond acceptors (Lipinski definition) is 4. The van der Waals surface area contributed by atoms with Gasteiger partial charge < -0.3 is 5.11 Å². The van der Waals surface area contributed by atoms with Crippen LogP contribution < -0.4 is 4.72 Å². The fourth-order valence-corrected chi connectivity index (χ4v) is 4.02. The standard InChI is InChI=1S/C13H16ClFN2O4S/c14-9-5-10(15)7-12(6-9)22(20,21)16-11-1-3-17(4-2-11)8-13(18)19/h5-7,11,16H,1-4,8H2,(H,18,19). The molecule has 1 aliphatic rings. The number of sulfonamides is 1. The van der Waals surface area contributed by atoms with E-state index in [4.69, 9.17) is 16.7 Å². The van der Waals surface area contributed by atoms with Crippen molar-refractivity contribution in [3.8, 4) is 0 Å². The van der Waals surface area contributed by atoms with E-state index in [0.29, 0.717) is 25.9 Å². The molecule has 0 atom stereocenters. The van der Waals surface area contributed by atoms with Crippen LogP contribution in [0.4, 0.5) is 4.39 Å². The lowest BCUT2D eigenvalue weighted by Gasteiger charge is -2.31. The minimum Gasteiger partial charge on any atom is -0.480 e. The molecular weight excluding hydrogens is 335 g/mol. The Morgan fingerprint density at radius 3 is 2.55 bits per heavy atom. The highest BCUT2D eigenvalue weighted by Gasteiger charge is 2.25. The molecule has 9 heteroatoms. The first-order valence-electron chi connectivity index (χ1n) is 6.69. The van der Waals surface area contributed by atoms with Gasteiger partial charge in [-0.25, -0.2) is 17.5 Å². The average Bonchev–Trinajstić information content (AvgIpc) is 2.39. The van der Waals surface area contributed by atoms with Crippen molar-refractivity contribution < 1.29 is 22.7 Å². The molecule has 1 aliphatic heterocycles. The maximum absolute atomic E-state index is 13.3. The van der Waals surface area contributed by atoms with Gasteiger partial charge in [0, 0.05) is 24.2 Å². The molecule has 0 aromatic heterocycles. The van der Waals surface area contributed by atoms with Gasteiger partial charge >= 0.3 is 5.97 Å². The summed E-state index contributed by atoms with van der Waals surface area (Å²) in [7, 11) is -3.85. The molecule has 6 nitrogen and oxygen atoms in total. The number of likely N-dealkylation sites (tertiary alicyclic amines) is 1. The Kier molecular flexibility index (Phi) is 5.38. The molecule has 1 saturated heterocycles. The number of nitrogens with zero attached hydrogens (tertiary/aromatic N) is 1. The summed E-state index contributed by atoms with van der Waals surface area (Å²) in [4.78, 5) is 12.2. The van der Waals surface area contributed by atoms with E-state index < -0.39 is 21.8 Å². The van der Waals surface area contributed by atoms with Gasteiger partial charge in [0.15, 0.2) is 0 Å². The van der Waals surface area contributed by atoms with Gasteiger partial charge in [-0.1, -0.05) is 11.6 Å². The van der Waals surface area contributed by atoms with Crippen LogP contribution in [0, 0.1) is 5.82 Å². The molecular formula is C13H16ClFN2O4S. The molecule has 1 heterocycles. The Morgan fingerprint density at radius 2 is 2.00 bits per heavy atom. The molecule has 1 fully saturated rings. The molecule has 0 aliphatic carbocycles. The van der Waals surface area contributed by atoms with E-state index in [2.05, 4.69) is 4.72 Å². The maximum atomic E-state index is 13.3. The number of nitrogens with one attached hydrogen (secondary N) is 1. The summed E-state index contributed by atoms with van der Waals surface area (Å²) in [5.74, 6) is -1.63. The number of carboxylic acids is 1. The fourth-order valence-electron chi connectivity index (χ4n) is 2.37. The minimum absolute atomic E-state index is 0.0108. The Morgan fingerprint density at radius 1 is 1.36 bits per heavy atom. The third kappa shape index (κ3) is 4.64. The van der Waals surface area contributed by atoms with Crippen molar-refractivity contribution in [1.82, 2.24) is 9.62 Å². The number of halogens is 2. The summed E-state index contributed by atoms with van der Waals surface area (Å²) < 4.78 is 40.2. The van der Waals surface area contributed by atoms with Crippen LogP contribution in [0.1, 0.15) is 12.8 Å². The van der Waals surface area contributed by atoms with Gasteiger partial charge in [0.2, 0.25) is 10.0 Å². The number of carbonyl (C=O) groups is 1. The van der Waals surface area contributed by atoms with Gasteiger partial charge in [-0.05, 0) is 31.0 Å².